The number of aryl methyl sites for hydroxylation is 1. The average molecular weight is 247 g/mol. The number of amides is 1. The molecule has 0 radical (unpaired) electrons. The van der Waals surface area contributed by atoms with Crippen molar-refractivity contribution < 1.29 is 4.79 Å². The fourth-order valence-electron chi connectivity index (χ4n) is 2.13. The number of anilines is 1. The Balaban J connectivity index is 2.15. The van der Waals surface area contributed by atoms with Crippen LogP contribution in [0.3, 0.4) is 0 Å². The second kappa shape index (κ2) is 5.40. The van der Waals surface area contributed by atoms with E-state index in [1.54, 1.807) is 0 Å². The fourth-order valence-corrected chi connectivity index (χ4v) is 2.13. The summed E-state index contributed by atoms with van der Waals surface area (Å²) < 4.78 is 0. The van der Waals surface area contributed by atoms with Gasteiger partial charge in [0.25, 0.3) is 5.91 Å². The summed E-state index contributed by atoms with van der Waals surface area (Å²) in [5.74, 6) is 6.21. The van der Waals surface area contributed by atoms with Crippen molar-refractivity contribution >= 4 is 11.6 Å². The van der Waals surface area contributed by atoms with Crippen LogP contribution in [-0.2, 0) is 0 Å². The van der Waals surface area contributed by atoms with Crippen molar-refractivity contribution in [2.24, 2.45) is 11.8 Å². The summed E-state index contributed by atoms with van der Waals surface area (Å²) in [7, 11) is 0. The van der Waals surface area contributed by atoms with Crippen LogP contribution in [0.25, 0.3) is 0 Å². The van der Waals surface area contributed by atoms with E-state index in [0.717, 1.165) is 35.8 Å². The lowest BCUT2D eigenvalue weighted by molar-refractivity contribution is 0.0756. The van der Waals surface area contributed by atoms with Gasteiger partial charge in [0.1, 0.15) is 0 Å². The van der Waals surface area contributed by atoms with Gasteiger partial charge in [-0.2, -0.15) is 0 Å². The molecule has 3 N–H and O–H groups in total. The molecule has 0 saturated heterocycles. The molecule has 4 heteroatoms. The van der Waals surface area contributed by atoms with E-state index in [1.807, 2.05) is 36.9 Å². The molecular weight excluding hydrogens is 226 g/mol. The van der Waals surface area contributed by atoms with E-state index >= 15 is 0 Å². The molecule has 0 bridgehead atoms. The molecule has 1 saturated carbocycles. The fraction of sp³-hybridized carbons (Fsp3) is 0.500. The van der Waals surface area contributed by atoms with Gasteiger partial charge in [-0.3, -0.25) is 10.6 Å². The van der Waals surface area contributed by atoms with Crippen LogP contribution in [0.5, 0.6) is 0 Å². The minimum atomic E-state index is 0.130. The lowest BCUT2D eigenvalue weighted by Crippen LogP contribution is -2.33. The monoisotopic (exact) mass is 247 g/mol. The molecule has 98 valence electrons. The Morgan fingerprint density at radius 1 is 1.50 bits per heavy atom. The first-order chi connectivity index (χ1) is 8.65. The van der Waals surface area contributed by atoms with E-state index in [2.05, 4.69) is 5.43 Å². The van der Waals surface area contributed by atoms with Crippen molar-refractivity contribution in [3.63, 3.8) is 0 Å². The molecule has 1 aliphatic rings. The number of hydrogen-bond acceptors (Lipinski definition) is 3. The van der Waals surface area contributed by atoms with E-state index < -0.39 is 0 Å². The minimum Gasteiger partial charge on any atom is -0.339 e. The van der Waals surface area contributed by atoms with Gasteiger partial charge in [-0.25, -0.2) is 0 Å². The summed E-state index contributed by atoms with van der Waals surface area (Å²) in [5.41, 5.74) is 5.16. The Bertz CT molecular complexity index is 441. The standard InChI is InChI=1S/C14H21N3O/c1-3-17(9-11-4-5-11)14(18)13-7-6-12(16-15)8-10(13)2/h6-8,11,16H,3-5,9,15H2,1-2H3. The summed E-state index contributed by atoms with van der Waals surface area (Å²) >= 11 is 0. The van der Waals surface area contributed by atoms with Crippen molar-refractivity contribution in [2.75, 3.05) is 18.5 Å². The van der Waals surface area contributed by atoms with Gasteiger partial charge < -0.3 is 10.3 Å². The van der Waals surface area contributed by atoms with Crippen molar-refractivity contribution in [2.45, 2.75) is 26.7 Å². The maximum absolute atomic E-state index is 12.4. The summed E-state index contributed by atoms with van der Waals surface area (Å²) in [5, 5.41) is 0. The van der Waals surface area contributed by atoms with Gasteiger partial charge >= 0.3 is 0 Å². The van der Waals surface area contributed by atoms with Crippen LogP contribution in [-0.4, -0.2) is 23.9 Å². The predicted octanol–water partition coefficient (Wildman–Crippen LogP) is 2.15. The van der Waals surface area contributed by atoms with E-state index in [4.69, 9.17) is 5.84 Å². The SMILES string of the molecule is CCN(CC1CC1)C(=O)c1ccc(NN)cc1C. The molecule has 1 amide bonds. The van der Waals surface area contributed by atoms with Gasteiger partial charge in [-0.1, -0.05) is 0 Å². The third kappa shape index (κ3) is 2.82. The van der Waals surface area contributed by atoms with Crippen molar-refractivity contribution in [3.05, 3.63) is 29.3 Å². The lowest BCUT2D eigenvalue weighted by atomic mass is 10.1. The largest absolute Gasteiger partial charge is 0.339 e. The number of nitrogens with two attached hydrogens (primary N) is 1. The Morgan fingerprint density at radius 2 is 2.22 bits per heavy atom. The zero-order valence-corrected chi connectivity index (χ0v) is 11.1. The lowest BCUT2D eigenvalue weighted by Gasteiger charge is -2.22. The number of benzene rings is 1. The molecule has 0 aliphatic heterocycles. The topological polar surface area (TPSA) is 58.4 Å². The third-order valence-corrected chi connectivity index (χ3v) is 3.47. The number of hydrogen-bond donors (Lipinski definition) is 2. The Hall–Kier alpha value is -1.55. The van der Waals surface area contributed by atoms with Crippen LogP contribution in [0.4, 0.5) is 5.69 Å². The number of rotatable bonds is 5. The Labute approximate surface area is 108 Å². The zero-order chi connectivity index (χ0) is 13.1. The quantitative estimate of drug-likeness (QED) is 0.619. The van der Waals surface area contributed by atoms with Crippen molar-refractivity contribution in [3.8, 4) is 0 Å². The predicted molar refractivity (Wildman–Crippen MR) is 73.3 cm³/mol. The van der Waals surface area contributed by atoms with E-state index in [0.29, 0.717) is 0 Å². The second-order valence-corrected chi connectivity index (χ2v) is 4.96. The normalized spacial score (nSPS) is 14.4. The van der Waals surface area contributed by atoms with Gasteiger partial charge in [-0.15, -0.1) is 0 Å². The van der Waals surface area contributed by atoms with Gasteiger partial charge in [0.15, 0.2) is 0 Å². The smallest absolute Gasteiger partial charge is 0.254 e. The number of nitrogens with zero attached hydrogens (tertiary/aromatic N) is 1. The second-order valence-electron chi connectivity index (χ2n) is 4.96. The first kappa shape index (κ1) is 12.9. The van der Waals surface area contributed by atoms with Crippen LogP contribution in [0.2, 0.25) is 0 Å². The molecule has 18 heavy (non-hydrogen) atoms. The molecule has 0 heterocycles. The van der Waals surface area contributed by atoms with E-state index in [-0.39, 0.29) is 5.91 Å². The molecule has 1 aliphatic carbocycles. The molecule has 0 atom stereocenters. The highest BCUT2D eigenvalue weighted by Gasteiger charge is 2.26. The van der Waals surface area contributed by atoms with Crippen LogP contribution in [0.1, 0.15) is 35.7 Å². The number of hydrazine groups is 1. The van der Waals surface area contributed by atoms with Crippen molar-refractivity contribution in [1.82, 2.24) is 4.90 Å². The molecule has 4 nitrogen and oxygen atoms in total. The third-order valence-electron chi connectivity index (χ3n) is 3.47. The molecule has 2 rings (SSSR count). The first-order valence-corrected chi connectivity index (χ1v) is 6.52. The van der Waals surface area contributed by atoms with E-state index in [9.17, 15) is 4.79 Å². The maximum atomic E-state index is 12.4. The number of carbonyl (C=O) groups excluding carboxylic acids is 1. The molecular formula is C14H21N3O. The molecule has 0 spiro atoms. The Kier molecular flexibility index (Phi) is 3.87. The summed E-state index contributed by atoms with van der Waals surface area (Å²) in [6.07, 6.45) is 2.53. The van der Waals surface area contributed by atoms with Crippen LogP contribution < -0.4 is 11.3 Å². The molecule has 0 aromatic heterocycles. The van der Waals surface area contributed by atoms with Crippen LogP contribution in [0.15, 0.2) is 18.2 Å². The maximum Gasteiger partial charge on any atom is 0.254 e. The van der Waals surface area contributed by atoms with Crippen molar-refractivity contribution in [1.29, 1.82) is 0 Å². The highest BCUT2D eigenvalue weighted by Crippen LogP contribution is 2.30. The highest BCUT2D eigenvalue weighted by atomic mass is 16.2. The highest BCUT2D eigenvalue weighted by molar-refractivity contribution is 5.96. The minimum absolute atomic E-state index is 0.130. The number of nitrogen functional groups attached to an aromatic ring is 1. The average Bonchev–Trinajstić information content (AvgIpc) is 3.19. The number of carbonyl (C=O) groups is 1. The zero-order valence-electron chi connectivity index (χ0n) is 11.1. The van der Waals surface area contributed by atoms with Crippen LogP contribution >= 0.6 is 0 Å². The molecule has 1 aromatic rings. The summed E-state index contributed by atoms with van der Waals surface area (Å²) in [6, 6.07) is 5.59. The molecule has 0 unspecified atom stereocenters. The number of nitrogens with one attached hydrogen (secondary N) is 1. The van der Waals surface area contributed by atoms with Gasteiger partial charge in [-0.05, 0) is 56.4 Å². The summed E-state index contributed by atoms with van der Waals surface area (Å²) in [6.45, 7) is 5.64. The Morgan fingerprint density at radius 3 is 2.72 bits per heavy atom. The summed E-state index contributed by atoms with van der Waals surface area (Å²) in [4.78, 5) is 14.4. The van der Waals surface area contributed by atoms with Gasteiger partial charge in [0.2, 0.25) is 0 Å². The van der Waals surface area contributed by atoms with Gasteiger partial charge in [0.05, 0.1) is 0 Å². The molecule has 1 aromatic carbocycles. The van der Waals surface area contributed by atoms with Gasteiger partial charge in [0, 0.05) is 24.3 Å². The van der Waals surface area contributed by atoms with Crippen LogP contribution in [0, 0.1) is 12.8 Å². The molecule has 1 fully saturated rings. The van der Waals surface area contributed by atoms with E-state index in [1.165, 1.54) is 12.8 Å². The first-order valence-electron chi connectivity index (χ1n) is 6.52.